The highest BCUT2D eigenvalue weighted by Gasteiger charge is 2.40. The Morgan fingerprint density at radius 1 is 1.45 bits per heavy atom. The lowest BCUT2D eigenvalue weighted by atomic mass is 9.96. The molecular weight excluding hydrogens is 250 g/mol. The third kappa shape index (κ3) is 2.71. The maximum absolute atomic E-state index is 9.11. The molecule has 1 aromatic carbocycles. The van der Waals surface area contributed by atoms with E-state index in [4.69, 9.17) is 10.00 Å². The molecule has 2 aliphatic rings. The van der Waals surface area contributed by atoms with E-state index in [-0.39, 0.29) is 12.1 Å². The molecule has 2 fully saturated rings. The summed E-state index contributed by atoms with van der Waals surface area (Å²) in [5.74, 6) is 0. The highest BCUT2D eigenvalue weighted by atomic mass is 16.5. The summed E-state index contributed by atoms with van der Waals surface area (Å²) >= 11 is 0. The van der Waals surface area contributed by atoms with Gasteiger partial charge in [-0.2, -0.15) is 5.26 Å². The van der Waals surface area contributed by atoms with E-state index in [1.165, 1.54) is 18.4 Å². The Kier molecular flexibility index (Phi) is 4.02. The molecule has 0 bridgehead atoms. The number of morpholine rings is 1. The first-order valence-corrected chi connectivity index (χ1v) is 7.35. The molecule has 0 amide bonds. The van der Waals surface area contributed by atoms with Gasteiger partial charge in [0.25, 0.3) is 0 Å². The first kappa shape index (κ1) is 13.6. The van der Waals surface area contributed by atoms with Crippen molar-refractivity contribution in [2.75, 3.05) is 26.7 Å². The zero-order valence-electron chi connectivity index (χ0n) is 11.9. The Morgan fingerprint density at radius 2 is 2.30 bits per heavy atom. The number of benzene rings is 1. The first-order valence-electron chi connectivity index (χ1n) is 7.35. The van der Waals surface area contributed by atoms with Crippen LogP contribution in [0, 0.1) is 11.3 Å². The van der Waals surface area contributed by atoms with Crippen molar-refractivity contribution in [2.24, 2.45) is 0 Å². The number of nitrogens with one attached hydrogen (secondary N) is 1. The lowest BCUT2D eigenvalue weighted by molar-refractivity contribution is -0.0740. The molecule has 0 spiro atoms. The molecule has 1 saturated heterocycles. The second kappa shape index (κ2) is 5.92. The van der Waals surface area contributed by atoms with Gasteiger partial charge in [0.15, 0.2) is 0 Å². The van der Waals surface area contributed by atoms with Crippen molar-refractivity contribution >= 4 is 0 Å². The van der Waals surface area contributed by atoms with Gasteiger partial charge in [0, 0.05) is 19.1 Å². The Bertz CT molecular complexity index is 505. The molecule has 3 rings (SSSR count). The molecule has 1 aliphatic carbocycles. The van der Waals surface area contributed by atoms with Gasteiger partial charge in [0.2, 0.25) is 0 Å². The molecule has 4 heteroatoms. The summed E-state index contributed by atoms with van der Waals surface area (Å²) in [6, 6.07) is 11.2. The first-order chi connectivity index (χ1) is 9.83. The van der Waals surface area contributed by atoms with Crippen molar-refractivity contribution < 1.29 is 4.74 Å². The summed E-state index contributed by atoms with van der Waals surface area (Å²) in [5, 5.41) is 12.3. The van der Waals surface area contributed by atoms with Crippen LogP contribution in [0.1, 0.15) is 30.0 Å². The van der Waals surface area contributed by atoms with E-state index in [1.807, 2.05) is 25.2 Å². The minimum atomic E-state index is 0.156. The highest BCUT2D eigenvalue weighted by molar-refractivity contribution is 5.35. The molecule has 1 aliphatic heterocycles. The average molecular weight is 271 g/mol. The zero-order valence-corrected chi connectivity index (χ0v) is 11.9. The van der Waals surface area contributed by atoms with Crippen LogP contribution in [0.4, 0.5) is 0 Å². The fraction of sp³-hybridized carbons (Fsp3) is 0.562. The Hall–Kier alpha value is -1.41. The molecule has 0 aromatic heterocycles. The minimum absolute atomic E-state index is 0.156. The van der Waals surface area contributed by atoms with Crippen molar-refractivity contribution in [2.45, 2.75) is 31.0 Å². The molecule has 1 heterocycles. The molecule has 1 N–H and O–H groups in total. The van der Waals surface area contributed by atoms with Gasteiger partial charge in [-0.25, -0.2) is 0 Å². The summed E-state index contributed by atoms with van der Waals surface area (Å²) in [4.78, 5) is 2.57. The average Bonchev–Trinajstić information content (AvgIpc) is 3.32. The van der Waals surface area contributed by atoms with E-state index in [9.17, 15) is 0 Å². The SMILES string of the molecule is CNCC1OCCN(C2CC2)C1c1cccc(C#N)c1. The largest absolute Gasteiger partial charge is 0.374 e. The van der Waals surface area contributed by atoms with Gasteiger partial charge in [0.05, 0.1) is 30.4 Å². The van der Waals surface area contributed by atoms with E-state index >= 15 is 0 Å². The fourth-order valence-corrected chi connectivity index (χ4v) is 3.14. The van der Waals surface area contributed by atoms with Crippen LogP contribution in [-0.2, 0) is 4.74 Å². The molecule has 1 saturated carbocycles. The van der Waals surface area contributed by atoms with Crippen LogP contribution in [0.25, 0.3) is 0 Å². The third-order valence-corrected chi connectivity index (χ3v) is 4.17. The summed E-state index contributed by atoms with van der Waals surface area (Å²) in [7, 11) is 1.96. The summed E-state index contributed by atoms with van der Waals surface area (Å²) in [5.41, 5.74) is 1.93. The monoisotopic (exact) mass is 271 g/mol. The van der Waals surface area contributed by atoms with E-state index < -0.39 is 0 Å². The molecular formula is C16H21N3O. The van der Waals surface area contributed by atoms with Crippen LogP contribution in [0.3, 0.4) is 0 Å². The number of hydrogen-bond donors (Lipinski definition) is 1. The molecule has 1 aromatic rings. The summed E-state index contributed by atoms with van der Waals surface area (Å²) in [6.07, 6.45) is 2.74. The minimum Gasteiger partial charge on any atom is -0.374 e. The van der Waals surface area contributed by atoms with Gasteiger partial charge >= 0.3 is 0 Å². The molecule has 2 atom stereocenters. The molecule has 20 heavy (non-hydrogen) atoms. The van der Waals surface area contributed by atoms with Crippen molar-refractivity contribution in [1.29, 1.82) is 5.26 Å². The normalized spacial score (nSPS) is 27.2. The van der Waals surface area contributed by atoms with Crippen molar-refractivity contribution in [3.63, 3.8) is 0 Å². The predicted molar refractivity (Wildman–Crippen MR) is 77.3 cm³/mol. The fourth-order valence-electron chi connectivity index (χ4n) is 3.14. The van der Waals surface area contributed by atoms with Gasteiger partial charge < -0.3 is 10.1 Å². The number of likely N-dealkylation sites (N-methyl/N-ethyl adjacent to an activating group) is 1. The van der Waals surface area contributed by atoms with Gasteiger partial charge in [-0.05, 0) is 37.6 Å². The standard InChI is InChI=1S/C16H21N3O/c1-18-11-15-16(13-4-2-3-12(9-13)10-17)19(7-8-20-15)14-5-6-14/h2-4,9,14-16,18H,5-8,11H2,1H3. The predicted octanol–water partition coefficient (Wildman–Crippen LogP) is 1.68. The van der Waals surface area contributed by atoms with Crippen LogP contribution < -0.4 is 5.32 Å². The number of nitriles is 1. The zero-order chi connectivity index (χ0) is 13.9. The van der Waals surface area contributed by atoms with Crippen molar-refractivity contribution in [1.82, 2.24) is 10.2 Å². The molecule has 0 radical (unpaired) electrons. The summed E-state index contributed by atoms with van der Waals surface area (Å²) in [6.45, 7) is 2.63. The summed E-state index contributed by atoms with van der Waals surface area (Å²) < 4.78 is 5.98. The Morgan fingerprint density at radius 3 is 3.00 bits per heavy atom. The maximum atomic E-state index is 9.11. The second-order valence-electron chi connectivity index (χ2n) is 5.62. The van der Waals surface area contributed by atoms with Crippen LogP contribution in [-0.4, -0.2) is 43.8 Å². The van der Waals surface area contributed by atoms with E-state index in [2.05, 4.69) is 22.4 Å². The van der Waals surface area contributed by atoms with E-state index in [1.54, 1.807) is 0 Å². The van der Waals surface area contributed by atoms with Gasteiger partial charge in [-0.15, -0.1) is 0 Å². The quantitative estimate of drug-likeness (QED) is 0.905. The molecule has 4 nitrogen and oxygen atoms in total. The van der Waals surface area contributed by atoms with Gasteiger partial charge in [0.1, 0.15) is 0 Å². The van der Waals surface area contributed by atoms with Gasteiger partial charge in [-0.1, -0.05) is 12.1 Å². The number of nitrogens with zero attached hydrogens (tertiary/aromatic N) is 2. The van der Waals surface area contributed by atoms with Crippen LogP contribution in [0.2, 0.25) is 0 Å². The topological polar surface area (TPSA) is 48.3 Å². The molecule has 106 valence electrons. The molecule has 2 unspecified atom stereocenters. The number of ether oxygens (including phenoxy) is 1. The van der Waals surface area contributed by atoms with Crippen molar-refractivity contribution in [3.05, 3.63) is 35.4 Å². The second-order valence-corrected chi connectivity index (χ2v) is 5.62. The lowest BCUT2D eigenvalue weighted by Gasteiger charge is -2.42. The highest BCUT2D eigenvalue weighted by Crippen LogP contribution is 2.38. The van der Waals surface area contributed by atoms with Crippen LogP contribution >= 0.6 is 0 Å². The lowest BCUT2D eigenvalue weighted by Crippen LogP contribution is -2.49. The van der Waals surface area contributed by atoms with Crippen molar-refractivity contribution in [3.8, 4) is 6.07 Å². The van der Waals surface area contributed by atoms with Crippen LogP contribution in [0.5, 0.6) is 0 Å². The van der Waals surface area contributed by atoms with E-state index in [0.717, 1.165) is 25.3 Å². The van der Waals surface area contributed by atoms with Gasteiger partial charge in [-0.3, -0.25) is 4.90 Å². The maximum Gasteiger partial charge on any atom is 0.0991 e. The number of hydrogen-bond acceptors (Lipinski definition) is 4. The smallest absolute Gasteiger partial charge is 0.0991 e. The Labute approximate surface area is 120 Å². The van der Waals surface area contributed by atoms with E-state index in [0.29, 0.717) is 6.04 Å². The van der Waals surface area contributed by atoms with Crippen LogP contribution in [0.15, 0.2) is 24.3 Å². The number of rotatable bonds is 4. The Balaban J connectivity index is 1.91. The third-order valence-electron chi connectivity index (χ3n) is 4.17.